The topological polar surface area (TPSA) is 96.0 Å². The number of rotatable bonds is 12. The third kappa shape index (κ3) is 8.25. The van der Waals surface area contributed by atoms with Crippen LogP contribution in [-0.2, 0) is 26.2 Å². The predicted octanol–water partition coefficient (Wildman–Crippen LogP) is 5.41. The molecule has 2 aromatic carbocycles. The zero-order chi connectivity index (χ0) is 28.6. The molecule has 1 atom stereocenters. The number of ether oxygens (including phenoxy) is 1. The molecule has 11 heteroatoms. The van der Waals surface area contributed by atoms with Gasteiger partial charge in [0.2, 0.25) is 21.8 Å². The summed E-state index contributed by atoms with van der Waals surface area (Å²) in [7, 11) is -3.90. The molecule has 214 valence electrons. The van der Waals surface area contributed by atoms with Crippen molar-refractivity contribution in [1.29, 1.82) is 0 Å². The van der Waals surface area contributed by atoms with Crippen LogP contribution in [0.5, 0.6) is 5.75 Å². The van der Waals surface area contributed by atoms with Crippen molar-refractivity contribution in [3.63, 3.8) is 0 Å². The molecular weight excluding hydrogens is 561 g/mol. The summed E-state index contributed by atoms with van der Waals surface area (Å²) in [5, 5.41) is 3.81. The van der Waals surface area contributed by atoms with E-state index in [0.717, 1.165) is 42.7 Å². The van der Waals surface area contributed by atoms with E-state index in [-0.39, 0.29) is 24.2 Å². The van der Waals surface area contributed by atoms with Crippen molar-refractivity contribution >= 4 is 50.7 Å². The molecule has 0 spiro atoms. The van der Waals surface area contributed by atoms with E-state index in [9.17, 15) is 18.0 Å². The number of nitrogens with one attached hydrogen (secondary N) is 1. The van der Waals surface area contributed by atoms with Crippen LogP contribution in [0.3, 0.4) is 0 Å². The molecule has 0 aromatic heterocycles. The largest absolute Gasteiger partial charge is 0.492 e. The van der Waals surface area contributed by atoms with Gasteiger partial charge in [-0.2, -0.15) is 0 Å². The summed E-state index contributed by atoms with van der Waals surface area (Å²) >= 11 is 12.9. The highest BCUT2D eigenvalue weighted by molar-refractivity contribution is 7.92. The Morgan fingerprint density at radius 2 is 1.67 bits per heavy atom. The van der Waals surface area contributed by atoms with Gasteiger partial charge in [0, 0.05) is 28.2 Å². The highest BCUT2D eigenvalue weighted by Gasteiger charge is 2.34. The molecule has 8 nitrogen and oxygen atoms in total. The van der Waals surface area contributed by atoms with Crippen LogP contribution in [0.1, 0.15) is 57.9 Å². The maximum absolute atomic E-state index is 14.0. The maximum atomic E-state index is 14.0. The van der Waals surface area contributed by atoms with Gasteiger partial charge in [0.15, 0.2) is 0 Å². The second kappa shape index (κ2) is 14.2. The van der Waals surface area contributed by atoms with E-state index < -0.39 is 28.5 Å². The van der Waals surface area contributed by atoms with E-state index in [4.69, 9.17) is 27.9 Å². The third-order valence-corrected chi connectivity index (χ3v) is 8.68. The summed E-state index contributed by atoms with van der Waals surface area (Å²) in [6, 6.07) is 10.9. The van der Waals surface area contributed by atoms with Gasteiger partial charge in [0.25, 0.3) is 0 Å². The van der Waals surface area contributed by atoms with Crippen molar-refractivity contribution in [2.24, 2.45) is 0 Å². The van der Waals surface area contributed by atoms with Crippen molar-refractivity contribution in [3.05, 3.63) is 58.1 Å². The lowest BCUT2D eigenvalue weighted by Gasteiger charge is -2.34. The van der Waals surface area contributed by atoms with Crippen molar-refractivity contribution in [2.45, 2.75) is 71.0 Å². The second-order valence-corrected chi connectivity index (χ2v) is 12.4. The number of sulfonamides is 1. The van der Waals surface area contributed by atoms with Gasteiger partial charge >= 0.3 is 0 Å². The van der Waals surface area contributed by atoms with Crippen molar-refractivity contribution in [1.82, 2.24) is 10.2 Å². The quantitative estimate of drug-likeness (QED) is 0.352. The first-order chi connectivity index (χ1) is 18.6. The molecule has 3 rings (SSSR count). The zero-order valence-electron chi connectivity index (χ0n) is 22.7. The first-order valence-corrected chi connectivity index (χ1v) is 15.9. The van der Waals surface area contributed by atoms with Gasteiger partial charge in [-0.25, -0.2) is 8.42 Å². The number of carbonyl (C=O) groups is 2. The van der Waals surface area contributed by atoms with Gasteiger partial charge in [-0.05, 0) is 50.5 Å². The highest BCUT2D eigenvalue weighted by atomic mass is 35.5. The lowest BCUT2D eigenvalue weighted by Crippen LogP contribution is -2.54. The molecule has 1 N–H and O–H groups in total. The number of carbonyl (C=O) groups excluding carboxylic acids is 2. The Bertz CT molecular complexity index is 1230. The van der Waals surface area contributed by atoms with Crippen LogP contribution in [0.2, 0.25) is 10.0 Å². The van der Waals surface area contributed by atoms with Crippen LogP contribution in [0.4, 0.5) is 5.69 Å². The number of halogens is 2. The molecule has 0 unspecified atom stereocenters. The van der Waals surface area contributed by atoms with Crippen LogP contribution in [0, 0.1) is 0 Å². The Morgan fingerprint density at radius 1 is 1.03 bits per heavy atom. The fourth-order valence-electron chi connectivity index (χ4n) is 4.85. The van der Waals surface area contributed by atoms with Gasteiger partial charge in [-0.1, -0.05) is 67.6 Å². The number of hydrogen-bond acceptors (Lipinski definition) is 5. The summed E-state index contributed by atoms with van der Waals surface area (Å²) in [5.74, 6) is -0.504. The average Bonchev–Trinajstić information content (AvgIpc) is 2.89. The van der Waals surface area contributed by atoms with E-state index in [1.165, 1.54) is 4.90 Å². The first-order valence-electron chi connectivity index (χ1n) is 13.3. The molecular formula is C28H37Cl2N3O5S. The maximum Gasteiger partial charge on any atom is 0.244 e. The van der Waals surface area contributed by atoms with E-state index in [1.54, 1.807) is 49.4 Å². The number of benzene rings is 2. The normalized spacial score (nSPS) is 14.9. The molecule has 0 saturated heterocycles. The zero-order valence-corrected chi connectivity index (χ0v) is 25.0. The number of amides is 2. The smallest absolute Gasteiger partial charge is 0.244 e. The minimum atomic E-state index is -3.90. The summed E-state index contributed by atoms with van der Waals surface area (Å²) < 4.78 is 32.5. The van der Waals surface area contributed by atoms with Crippen LogP contribution in [0.25, 0.3) is 0 Å². The average molecular weight is 599 g/mol. The van der Waals surface area contributed by atoms with Gasteiger partial charge < -0.3 is 15.0 Å². The molecule has 0 bridgehead atoms. The van der Waals surface area contributed by atoms with E-state index in [2.05, 4.69) is 5.32 Å². The molecule has 0 radical (unpaired) electrons. The minimum absolute atomic E-state index is 0.0479. The Hall–Kier alpha value is -2.49. The number of anilines is 1. The fraction of sp³-hybridized carbons (Fsp3) is 0.500. The predicted molar refractivity (Wildman–Crippen MR) is 156 cm³/mol. The molecule has 0 aliphatic heterocycles. The minimum Gasteiger partial charge on any atom is -0.492 e. The Balaban J connectivity index is 1.99. The lowest BCUT2D eigenvalue weighted by atomic mass is 9.95. The Labute approximate surface area is 241 Å². The molecule has 1 aliphatic carbocycles. The molecule has 1 saturated carbocycles. The molecule has 1 aliphatic rings. The van der Waals surface area contributed by atoms with E-state index in [1.807, 2.05) is 6.92 Å². The summed E-state index contributed by atoms with van der Waals surface area (Å²) in [5.41, 5.74) is 0.726. The second-order valence-electron chi connectivity index (χ2n) is 9.66. The van der Waals surface area contributed by atoms with Gasteiger partial charge in [0.05, 0.1) is 18.6 Å². The van der Waals surface area contributed by atoms with Crippen molar-refractivity contribution < 1.29 is 22.7 Å². The summed E-state index contributed by atoms with van der Waals surface area (Å²) in [6.07, 6.45) is 6.37. The van der Waals surface area contributed by atoms with Crippen LogP contribution >= 0.6 is 23.2 Å². The standard InChI is InChI=1S/C28H37Cl2N3O5S/c1-4-24(28(35)31-20-12-7-6-8-13-20)32(18-21-22(29)14-11-15-23(21)30)27(34)19-33(39(3,36)37)25-16-9-10-17-26(25)38-5-2/h9-11,14-17,20,24H,4-8,12-13,18-19H2,1-3H3,(H,31,35)/t24-/m1/s1. The lowest BCUT2D eigenvalue weighted by molar-refractivity contribution is -0.140. The summed E-state index contributed by atoms with van der Waals surface area (Å²) in [4.78, 5) is 28.9. The Kier molecular flexibility index (Phi) is 11.3. The fourth-order valence-corrected chi connectivity index (χ4v) is 6.22. The molecule has 1 fully saturated rings. The van der Waals surface area contributed by atoms with Crippen molar-refractivity contribution in [3.8, 4) is 5.75 Å². The SMILES string of the molecule is CCOc1ccccc1N(CC(=O)N(Cc1c(Cl)cccc1Cl)[C@H](CC)C(=O)NC1CCCCC1)S(C)(=O)=O. The number of nitrogens with zero attached hydrogens (tertiary/aromatic N) is 2. The van der Waals surface area contributed by atoms with Crippen LogP contribution < -0.4 is 14.4 Å². The van der Waals surface area contributed by atoms with Gasteiger partial charge in [-0.15, -0.1) is 0 Å². The third-order valence-electron chi connectivity index (χ3n) is 6.84. The van der Waals surface area contributed by atoms with Gasteiger partial charge in [0.1, 0.15) is 18.3 Å². The highest BCUT2D eigenvalue weighted by Crippen LogP contribution is 2.31. The first kappa shape index (κ1) is 31.0. The van der Waals surface area contributed by atoms with E-state index >= 15 is 0 Å². The Morgan fingerprint density at radius 3 is 2.26 bits per heavy atom. The van der Waals surface area contributed by atoms with Crippen LogP contribution in [-0.4, -0.2) is 56.6 Å². The molecule has 39 heavy (non-hydrogen) atoms. The molecule has 2 amide bonds. The van der Waals surface area contributed by atoms with Crippen LogP contribution in [0.15, 0.2) is 42.5 Å². The molecule has 2 aromatic rings. The summed E-state index contributed by atoms with van der Waals surface area (Å²) in [6.45, 7) is 3.34. The monoisotopic (exact) mass is 597 g/mol. The molecule has 0 heterocycles. The van der Waals surface area contributed by atoms with Gasteiger partial charge in [-0.3, -0.25) is 13.9 Å². The number of hydrogen-bond donors (Lipinski definition) is 1. The number of para-hydroxylation sites is 2. The van der Waals surface area contributed by atoms with E-state index in [0.29, 0.717) is 34.4 Å². The van der Waals surface area contributed by atoms with Crippen molar-refractivity contribution in [2.75, 3.05) is 23.7 Å².